The van der Waals surface area contributed by atoms with Crippen LogP contribution in [0, 0.1) is 0 Å². The molecule has 1 aliphatic heterocycles. The quantitative estimate of drug-likeness (QED) is 0.877. The van der Waals surface area contributed by atoms with Gasteiger partial charge in [-0.2, -0.15) is 0 Å². The van der Waals surface area contributed by atoms with E-state index in [1.807, 2.05) is 6.07 Å². The standard InChI is InChI=1S/C9H10Br2N2/c10-6-1-2-9(8(11)3-6)13-7-4-12-5-7/h1-3,7,12-13H,4-5H2. The lowest BCUT2D eigenvalue weighted by Crippen LogP contribution is -2.51. The van der Waals surface area contributed by atoms with Crippen LogP contribution in [0.2, 0.25) is 0 Å². The normalized spacial score (nSPS) is 16.8. The van der Waals surface area contributed by atoms with Crippen LogP contribution in [0.15, 0.2) is 27.1 Å². The molecule has 1 aromatic rings. The Morgan fingerprint density at radius 3 is 2.62 bits per heavy atom. The fourth-order valence-corrected chi connectivity index (χ4v) is 2.38. The number of halogens is 2. The van der Waals surface area contributed by atoms with Crippen molar-refractivity contribution in [3.05, 3.63) is 27.1 Å². The minimum Gasteiger partial charge on any atom is -0.379 e. The highest BCUT2D eigenvalue weighted by atomic mass is 79.9. The van der Waals surface area contributed by atoms with Gasteiger partial charge in [0.1, 0.15) is 0 Å². The highest BCUT2D eigenvalue weighted by Gasteiger charge is 2.16. The van der Waals surface area contributed by atoms with E-state index in [0.29, 0.717) is 6.04 Å². The molecule has 0 saturated carbocycles. The first-order chi connectivity index (χ1) is 6.25. The molecule has 1 fully saturated rings. The van der Waals surface area contributed by atoms with Gasteiger partial charge < -0.3 is 10.6 Å². The number of hydrogen-bond donors (Lipinski definition) is 2. The Kier molecular flexibility index (Phi) is 2.91. The molecule has 1 heterocycles. The highest BCUT2D eigenvalue weighted by molar-refractivity contribution is 9.11. The first-order valence-electron chi connectivity index (χ1n) is 4.18. The zero-order valence-corrected chi connectivity index (χ0v) is 10.2. The van der Waals surface area contributed by atoms with Crippen LogP contribution in [0.25, 0.3) is 0 Å². The zero-order chi connectivity index (χ0) is 9.26. The maximum absolute atomic E-state index is 3.52. The minimum atomic E-state index is 0.581. The maximum Gasteiger partial charge on any atom is 0.0510 e. The molecule has 1 aliphatic rings. The molecular formula is C9H10Br2N2. The van der Waals surface area contributed by atoms with E-state index in [-0.39, 0.29) is 0 Å². The summed E-state index contributed by atoms with van der Waals surface area (Å²) in [7, 11) is 0. The van der Waals surface area contributed by atoms with Crippen LogP contribution in [0.4, 0.5) is 5.69 Å². The Morgan fingerprint density at radius 2 is 2.08 bits per heavy atom. The predicted molar refractivity (Wildman–Crippen MR) is 62.1 cm³/mol. The molecule has 0 radical (unpaired) electrons. The van der Waals surface area contributed by atoms with E-state index in [0.717, 1.165) is 27.7 Å². The predicted octanol–water partition coefficient (Wildman–Crippen LogP) is 2.60. The Labute approximate surface area is 94.4 Å². The van der Waals surface area contributed by atoms with Gasteiger partial charge in [-0.05, 0) is 34.1 Å². The summed E-state index contributed by atoms with van der Waals surface area (Å²) in [5.41, 5.74) is 1.16. The Balaban J connectivity index is 2.10. The van der Waals surface area contributed by atoms with Crippen LogP contribution < -0.4 is 10.6 Å². The van der Waals surface area contributed by atoms with Crippen molar-refractivity contribution in [3.63, 3.8) is 0 Å². The average molecular weight is 306 g/mol. The van der Waals surface area contributed by atoms with Crippen molar-refractivity contribution in [2.45, 2.75) is 6.04 Å². The first-order valence-corrected chi connectivity index (χ1v) is 5.76. The number of benzene rings is 1. The van der Waals surface area contributed by atoms with Crippen LogP contribution in [-0.4, -0.2) is 19.1 Å². The summed E-state index contributed by atoms with van der Waals surface area (Å²) in [6.45, 7) is 2.12. The van der Waals surface area contributed by atoms with Gasteiger partial charge in [0.25, 0.3) is 0 Å². The van der Waals surface area contributed by atoms with Crippen LogP contribution in [0.5, 0.6) is 0 Å². The molecule has 0 amide bonds. The maximum atomic E-state index is 3.52. The van der Waals surface area contributed by atoms with Gasteiger partial charge in [0.2, 0.25) is 0 Å². The van der Waals surface area contributed by atoms with Crippen LogP contribution >= 0.6 is 31.9 Å². The van der Waals surface area contributed by atoms with Crippen molar-refractivity contribution in [3.8, 4) is 0 Å². The third kappa shape index (κ3) is 2.24. The van der Waals surface area contributed by atoms with Gasteiger partial charge in [-0.3, -0.25) is 0 Å². The summed E-state index contributed by atoms with van der Waals surface area (Å²) in [4.78, 5) is 0. The number of anilines is 1. The third-order valence-corrected chi connectivity index (χ3v) is 3.22. The second-order valence-electron chi connectivity index (χ2n) is 3.12. The largest absolute Gasteiger partial charge is 0.379 e. The SMILES string of the molecule is Brc1ccc(NC2CNC2)c(Br)c1. The van der Waals surface area contributed by atoms with Crippen molar-refractivity contribution in [2.75, 3.05) is 18.4 Å². The molecule has 0 unspecified atom stereocenters. The molecule has 0 aromatic heterocycles. The van der Waals surface area contributed by atoms with Gasteiger partial charge in [0, 0.05) is 27.7 Å². The highest BCUT2D eigenvalue weighted by Crippen LogP contribution is 2.26. The fourth-order valence-electron chi connectivity index (χ4n) is 1.22. The average Bonchev–Trinajstić information content (AvgIpc) is 1.99. The molecule has 1 aromatic carbocycles. The van der Waals surface area contributed by atoms with E-state index in [1.165, 1.54) is 0 Å². The second-order valence-corrected chi connectivity index (χ2v) is 4.89. The first kappa shape index (κ1) is 9.49. The lowest BCUT2D eigenvalue weighted by Gasteiger charge is -2.29. The van der Waals surface area contributed by atoms with Gasteiger partial charge in [-0.1, -0.05) is 15.9 Å². The monoisotopic (exact) mass is 304 g/mol. The van der Waals surface area contributed by atoms with E-state index in [1.54, 1.807) is 0 Å². The van der Waals surface area contributed by atoms with Gasteiger partial charge in [0.15, 0.2) is 0 Å². The summed E-state index contributed by atoms with van der Waals surface area (Å²) < 4.78 is 2.20. The van der Waals surface area contributed by atoms with Crippen molar-refractivity contribution in [2.24, 2.45) is 0 Å². The summed E-state index contributed by atoms with van der Waals surface area (Å²) in [5, 5.41) is 6.67. The number of rotatable bonds is 2. The Morgan fingerprint density at radius 1 is 1.31 bits per heavy atom. The summed E-state index contributed by atoms with van der Waals surface area (Å²) in [6.07, 6.45) is 0. The van der Waals surface area contributed by atoms with Crippen molar-refractivity contribution < 1.29 is 0 Å². The van der Waals surface area contributed by atoms with Crippen LogP contribution in [-0.2, 0) is 0 Å². The lowest BCUT2D eigenvalue weighted by atomic mass is 10.1. The van der Waals surface area contributed by atoms with Crippen LogP contribution in [0.3, 0.4) is 0 Å². The summed E-state index contributed by atoms with van der Waals surface area (Å²) in [6, 6.07) is 6.75. The number of hydrogen-bond acceptors (Lipinski definition) is 2. The molecule has 13 heavy (non-hydrogen) atoms. The molecule has 2 rings (SSSR count). The molecule has 4 heteroatoms. The zero-order valence-electron chi connectivity index (χ0n) is 6.98. The second kappa shape index (κ2) is 3.98. The summed E-state index contributed by atoms with van der Waals surface area (Å²) >= 11 is 6.94. The van der Waals surface area contributed by atoms with Gasteiger partial charge in [-0.15, -0.1) is 0 Å². The minimum absolute atomic E-state index is 0.581. The van der Waals surface area contributed by atoms with Gasteiger partial charge >= 0.3 is 0 Å². The van der Waals surface area contributed by atoms with E-state index >= 15 is 0 Å². The smallest absolute Gasteiger partial charge is 0.0510 e. The van der Waals surface area contributed by atoms with E-state index < -0.39 is 0 Å². The van der Waals surface area contributed by atoms with E-state index in [2.05, 4.69) is 54.6 Å². The Bertz CT molecular complexity index is 310. The van der Waals surface area contributed by atoms with E-state index in [9.17, 15) is 0 Å². The summed E-state index contributed by atoms with van der Waals surface area (Å²) in [5.74, 6) is 0. The molecular weight excluding hydrogens is 296 g/mol. The van der Waals surface area contributed by atoms with Crippen molar-refractivity contribution in [1.29, 1.82) is 0 Å². The topological polar surface area (TPSA) is 24.1 Å². The fraction of sp³-hybridized carbons (Fsp3) is 0.333. The molecule has 0 bridgehead atoms. The van der Waals surface area contributed by atoms with Gasteiger partial charge in [-0.25, -0.2) is 0 Å². The van der Waals surface area contributed by atoms with E-state index in [4.69, 9.17) is 0 Å². The molecule has 70 valence electrons. The molecule has 2 nitrogen and oxygen atoms in total. The Hall–Kier alpha value is -0.0600. The van der Waals surface area contributed by atoms with Gasteiger partial charge in [0.05, 0.1) is 6.04 Å². The molecule has 0 atom stereocenters. The van der Waals surface area contributed by atoms with Crippen LogP contribution in [0.1, 0.15) is 0 Å². The third-order valence-electron chi connectivity index (χ3n) is 2.07. The molecule has 0 aliphatic carbocycles. The van der Waals surface area contributed by atoms with Crippen molar-refractivity contribution >= 4 is 37.5 Å². The molecule has 0 spiro atoms. The lowest BCUT2D eigenvalue weighted by molar-refractivity contribution is 0.472. The number of nitrogens with one attached hydrogen (secondary N) is 2. The van der Waals surface area contributed by atoms with Crippen molar-refractivity contribution in [1.82, 2.24) is 5.32 Å². The molecule has 1 saturated heterocycles. The molecule has 2 N–H and O–H groups in total.